The summed E-state index contributed by atoms with van der Waals surface area (Å²) in [5.41, 5.74) is 2.59. The van der Waals surface area contributed by atoms with Crippen molar-refractivity contribution in [1.29, 1.82) is 0 Å². The Morgan fingerprint density at radius 1 is 0.951 bits per heavy atom. The first-order valence-corrected chi connectivity index (χ1v) is 14.6. The molecule has 10 heteroatoms. The van der Waals surface area contributed by atoms with E-state index in [1.54, 1.807) is 23.9 Å². The number of amides is 3. The Hall–Kier alpha value is -4.15. The molecule has 3 atom stereocenters. The largest absolute Gasteiger partial charge is 0.434 e. The Labute approximate surface area is 241 Å². The number of hydrogen-bond donors (Lipinski definition) is 3. The standard InChI is InChI=1S/C31H31N3O6S/c35-27(32-26-15-28(36)40-31(26)39)17-34-16-21(19-41-18-20-6-2-1-3-7-20)10-13-25(30(34)38)33-29(37)24-12-11-22-8-4-5-9-23(22)14-24/h1-12,14,25-26,31,39H,13,15-19H2,(H,32,35)(H,33,37). The van der Waals surface area contributed by atoms with Gasteiger partial charge in [-0.1, -0.05) is 66.7 Å². The minimum Gasteiger partial charge on any atom is -0.434 e. The second-order valence-electron chi connectivity index (χ2n) is 10.1. The van der Waals surface area contributed by atoms with Crippen LogP contribution in [0.15, 0.2) is 84.4 Å². The summed E-state index contributed by atoms with van der Waals surface area (Å²) in [4.78, 5) is 52.5. The van der Waals surface area contributed by atoms with Crippen LogP contribution in [0.4, 0.5) is 0 Å². The summed E-state index contributed by atoms with van der Waals surface area (Å²) < 4.78 is 4.70. The van der Waals surface area contributed by atoms with Gasteiger partial charge in [-0.3, -0.25) is 19.2 Å². The van der Waals surface area contributed by atoms with Gasteiger partial charge in [0.1, 0.15) is 12.1 Å². The molecular weight excluding hydrogens is 542 g/mol. The third-order valence-electron chi connectivity index (χ3n) is 7.03. The number of ether oxygens (including phenoxy) is 1. The van der Waals surface area contributed by atoms with Gasteiger partial charge in [-0.05, 0) is 40.5 Å². The zero-order valence-corrected chi connectivity index (χ0v) is 23.1. The Morgan fingerprint density at radius 2 is 1.71 bits per heavy atom. The maximum Gasteiger partial charge on any atom is 0.310 e. The van der Waals surface area contributed by atoms with E-state index in [9.17, 15) is 24.3 Å². The molecule has 5 rings (SSSR count). The first kappa shape index (κ1) is 28.4. The predicted octanol–water partition coefficient (Wildman–Crippen LogP) is 2.78. The van der Waals surface area contributed by atoms with Crippen LogP contribution in [0.25, 0.3) is 10.8 Å². The number of hydrogen-bond acceptors (Lipinski definition) is 7. The summed E-state index contributed by atoms with van der Waals surface area (Å²) in [6.45, 7) is -0.0711. The van der Waals surface area contributed by atoms with E-state index < -0.39 is 30.3 Å². The molecule has 3 N–H and O–H groups in total. The van der Waals surface area contributed by atoms with E-state index in [-0.39, 0.29) is 31.3 Å². The number of fused-ring (bicyclic) bond motifs is 1. The quantitative estimate of drug-likeness (QED) is 0.266. The highest BCUT2D eigenvalue weighted by Gasteiger charge is 2.36. The van der Waals surface area contributed by atoms with Crippen LogP contribution in [-0.4, -0.2) is 70.9 Å². The summed E-state index contributed by atoms with van der Waals surface area (Å²) in [5, 5.41) is 17.2. The van der Waals surface area contributed by atoms with Gasteiger partial charge in [0.05, 0.1) is 13.0 Å². The monoisotopic (exact) mass is 573 g/mol. The Kier molecular flexibility index (Phi) is 9.01. The van der Waals surface area contributed by atoms with Crippen LogP contribution in [-0.2, 0) is 24.9 Å². The number of benzene rings is 3. The van der Waals surface area contributed by atoms with E-state index in [1.807, 2.05) is 54.6 Å². The van der Waals surface area contributed by atoms with E-state index in [2.05, 4.69) is 22.8 Å². The van der Waals surface area contributed by atoms with E-state index in [4.69, 9.17) is 4.74 Å². The van der Waals surface area contributed by atoms with Gasteiger partial charge >= 0.3 is 5.97 Å². The highest BCUT2D eigenvalue weighted by atomic mass is 32.2. The minimum atomic E-state index is -1.43. The topological polar surface area (TPSA) is 125 Å². The molecule has 3 aromatic carbocycles. The summed E-state index contributed by atoms with van der Waals surface area (Å²) in [5.74, 6) is -0.451. The first-order valence-electron chi connectivity index (χ1n) is 13.4. The molecule has 2 heterocycles. The summed E-state index contributed by atoms with van der Waals surface area (Å²) in [6, 6.07) is 21.4. The number of carbonyl (C=O) groups is 4. The SMILES string of the molecule is O=C(CN1CC(CSCc2ccccc2)=CCC(NC(=O)c2ccc3ccccc3c2)C1=O)NC1CC(=O)OC1O. The maximum absolute atomic E-state index is 13.6. The lowest BCUT2D eigenvalue weighted by molar-refractivity contribution is -0.155. The van der Waals surface area contributed by atoms with Crippen LogP contribution in [0.1, 0.15) is 28.8 Å². The number of thioether (sulfide) groups is 1. The van der Waals surface area contributed by atoms with E-state index in [1.165, 1.54) is 10.5 Å². The van der Waals surface area contributed by atoms with Gasteiger partial charge < -0.3 is 25.4 Å². The Morgan fingerprint density at radius 3 is 2.46 bits per heavy atom. The molecule has 0 bridgehead atoms. The van der Waals surface area contributed by atoms with Gasteiger partial charge in [-0.25, -0.2) is 0 Å². The van der Waals surface area contributed by atoms with E-state index in [0.717, 1.165) is 22.1 Å². The smallest absolute Gasteiger partial charge is 0.310 e. The van der Waals surface area contributed by atoms with Crippen molar-refractivity contribution in [2.75, 3.05) is 18.8 Å². The average Bonchev–Trinajstić information content (AvgIpc) is 3.21. The van der Waals surface area contributed by atoms with Gasteiger partial charge in [-0.15, -0.1) is 0 Å². The summed E-state index contributed by atoms with van der Waals surface area (Å²) >= 11 is 1.70. The minimum absolute atomic E-state index is 0.146. The molecule has 0 spiro atoms. The van der Waals surface area contributed by atoms with Crippen molar-refractivity contribution in [3.63, 3.8) is 0 Å². The molecule has 2 aliphatic heterocycles. The van der Waals surface area contributed by atoms with Crippen LogP contribution in [0.5, 0.6) is 0 Å². The van der Waals surface area contributed by atoms with Gasteiger partial charge in [0, 0.05) is 23.6 Å². The molecule has 0 saturated carbocycles. The summed E-state index contributed by atoms with van der Waals surface area (Å²) in [6.07, 6.45) is 0.685. The zero-order valence-electron chi connectivity index (χ0n) is 22.3. The molecule has 212 valence electrons. The lowest BCUT2D eigenvalue weighted by Gasteiger charge is -2.26. The first-order chi connectivity index (χ1) is 19.9. The van der Waals surface area contributed by atoms with Crippen LogP contribution in [0.3, 0.4) is 0 Å². The number of nitrogens with one attached hydrogen (secondary N) is 2. The number of cyclic esters (lactones) is 1. The number of aliphatic hydroxyl groups is 1. The van der Waals surface area contributed by atoms with Crippen LogP contribution >= 0.6 is 11.8 Å². The van der Waals surface area contributed by atoms with E-state index in [0.29, 0.717) is 17.7 Å². The summed E-state index contributed by atoms with van der Waals surface area (Å²) in [7, 11) is 0. The second kappa shape index (κ2) is 13.0. The molecule has 41 heavy (non-hydrogen) atoms. The van der Waals surface area contributed by atoms with Crippen molar-refractivity contribution in [2.24, 2.45) is 0 Å². The number of nitrogens with zero attached hydrogens (tertiary/aromatic N) is 1. The highest BCUT2D eigenvalue weighted by molar-refractivity contribution is 7.98. The van der Waals surface area contributed by atoms with E-state index >= 15 is 0 Å². The fourth-order valence-electron chi connectivity index (χ4n) is 4.89. The fraction of sp³-hybridized carbons (Fsp3) is 0.290. The van der Waals surface area contributed by atoms with Crippen LogP contribution < -0.4 is 10.6 Å². The van der Waals surface area contributed by atoms with Gasteiger partial charge in [-0.2, -0.15) is 11.8 Å². The zero-order chi connectivity index (χ0) is 28.8. The van der Waals surface area contributed by atoms with Crippen molar-refractivity contribution in [3.8, 4) is 0 Å². The lowest BCUT2D eigenvalue weighted by Crippen LogP contribution is -2.52. The lowest BCUT2D eigenvalue weighted by atomic mass is 10.1. The molecule has 0 radical (unpaired) electrons. The van der Waals surface area contributed by atoms with Crippen molar-refractivity contribution in [2.45, 2.75) is 37.0 Å². The predicted molar refractivity (Wildman–Crippen MR) is 156 cm³/mol. The molecule has 0 aliphatic carbocycles. The van der Waals surface area contributed by atoms with Crippen LogP contribution in [0, 0.1) is 0 Å². The van der Waals surface area contributed by atoms with Crippen LogP contribution in [0.2, 0.25) is 0 Å². The second-order valence-corrected chi connectivity index (χ2v) is 11.1. The Balaban J connectivity index is 1.29. The number of carbonyl (C=O) groups excluding carboxylic acids is 4. The molecule has 1 saturated heterocycles. The number of rotatable bonds is 9. The third-order valence-corrected chi connectivity index (χ3v) is 8.14. The maximum atomic E-state index is 13.6. The molecule has 0 aromatic heterocycles. The molecule has 9 nitrogen and oxygen atoms in total. The molecular formula is C31H31N3O6S. The van der Waals surface area contributed by atoms with Gasteiger partial charge in [0.2, 0.25) is 18.1 Å². The highest BCUT2D eigenvalue weighted by Crippen LogP contribution is 2.21. The van der Waals surface area contributed by atoms with Crippen molar-refractivity contribution >= 4 is 46.2 Å². The third kappa shape index (κ3) is 7.33. The molecule has 3 amide bonds. The number of aliphatic hydroxyl groups excluding tert-OH is 1. The molecule has 2 aliphatic rings. The molecule has 3 unspecified atom stereocenters. The van der Waals surface area contributed by atoms with Crippen molar-refractivity contribution in [3.05, 3.63) is 95.6 Å². The van der Waals surface area contributed by atoms with Crippen molar-refractivity contribution < 1.29 is 29.0 Å². The van der Waals surface area contributed by atoms with Gasteiger partial charge in [0.25, 0.3) is 5.91 Å². The molecule has 3 aromatic rings. The fourth-order valence-corrected chi connectivity index (χ4v) is 5.89. The Bertz CT molecular complexity index is 1480. The number of esters is 1. The molecule has 1 fully saturated rings. The normalized spacial score (nSPS) is 20.8. The van der Waals surface area contributed by atoms with Crippen molar-refractivity contribution in [1.82, 2.24) is 15.5 Å². The average molecular weight is 574 g/mol. The van der Waals surface area contributed by atoms with Gasteiger partial charge in [0.15, 0.2) is 0 Å².